The Morgan fingerprint density at radius 1 is 0.774 bits per heavy atom. The molecule has 1 aromatic heterocycles. The van der Waals surface area contributed by atoms with E-state index in [9.17, 15) is 26.3 Å². The zero-order valence-electron chi connectivity index (χ0n) is 15.5. The molecule has 0 atom stereocenters. The summed E-state index contributed by atoms with van der Waals surface area (Å²) in [7, 11) is 0. The largest absolute Gasteiger partial charge is 0.573 e. The van der Waals surface area contributed by atoms with E-state index in [1.165, 1.54) is 36.5 Å². The quantitative estimate of drug-likeness (QED) is 0.440. The Labute approximate surface area is 172 Å². The van der Waals surface area contributed by atoms with E-state index in [2.05, 4.69) is 14.5 Å². The molecule has 1 heterocycles. The Bertz CT molecular complexity index is 1120. The van der Waals surface area contributed by atoms with E-state index < -0.39 is 24.2 Å². The summed E-state index contributed by atoms with van der Waals surface area (Å²) in [4.78, 5) is 4.23. The lowest BCUT2D eigenvalue weighted by atomic mass is 9.99. The van der Waals surface area contributed by atoms with Gasteiger partial charge in [-0.2, -0.15) is 5.26 Å². The number of nitriles is 1. The molecule has 0 bridgehead atoms. The van der Waals surface area contributed by atoms with Gasteiger partial charge in [-0.3, -0.25) is 4.98 Å². The molecule has 0 saturated heterocycles. The van der Waals surface area contributed by atoms with Gasteiger partial charge in [0.05, 0.1) is 18.2 Å². The van der Waals surface area contributed by atoms with Crippen LogP contribution in [0.1, 0.15) is 5.56 Å². The first-order chi connectivity index (χ1) is 14.5. The highest BCUT2D eigenvalue weighted by Crippen LogP contribution is 2.32. The highest BCUT2D eigenvalue weighted by atomic mass is 19.4. The first kappa shape index (κ1) is 22.0. The van der Waals surface area contributed by atoms with Crippen LogP contribution in [0.25, 0.3) is 22.4 Å². The number of hydrogen-bond donors (Lipinski definition) is 0. The summed E-state index contributed by atoms with van der Waals surface area (Å²) < 4.78 is 82.7. The van der Waals surface area contributed by atoms with E-state index in [1.807, 2.05) is 6.07 Å². The van der Waals surface area contributed by atoms with E-state index in [-0.39, 0.29) is 17.7 Å². The highest BCUT2D eigenvalue weighted by Gasteiger charge is 2.32. The zero-order valence-corrected chi connectivity index (χ0v) is 15.5. The summed E-state index contributed by atoms with van der Waals surface area (Å²) in [5, 5.41) is 9.14. The first-order valence-electron chi connectivity index (χ1n) is 8.62. The molecule has 0 N–H and O–H groups in total. The van der Waals surface area contributed by atoms with Crippen LogP contribution in [0.15, 0.2) is 60.8 Å². The second kappa shape index (κ2) is 8.55. The lowest BCUT2D eigenvalue weighted by Gasteiger charge is -2.13. The van der Waals surface area contributed by atoms with Crippen LogP contribution in [0.5, 0.6) is 11.5 Å². The van der Waals surface area contributed by atoms with Crippen LogP contribution in [0.2, 0.25) is 0 Å². The molecule has 160 valence electrons. The Morgan fingerprint density at radius 3 is 1.87 bits per heavy atom. The summed E-state index contributed by atoms with van der Waals surface area (Å²) in [6, 6.07) is 13.8. The third-order valence-electron chi connectivity index (χ3n) is 3.98. The monoisotopic (exact) mass is 438 g/mol. The second-order valence-electron chi connectivity index (χ2n) is 6.22. The minimum absolute atomic E-state index is 0.126. The van der Waals surface area contributed by atoms with Gasteiger partial charge >= 0.3 is 12.7 Å². The maximum absolute atomic E-state index is 12.5. The SMILES string of the molecule is N#CCc1cc(-c2cccc(OC(F)(F)F)c2)cnc1-c1cccc(OC(F)(F)F)c1. The van der Waals surface area contributed by atoms with Crippen LogP contribution in [0, 0.1) is 11.3 Å². The predicted octanol–water partition coefficient (Wildman–Crippen LogP) is 6.28. The molecule has 3 rings (SSSR count). The third-order valence-corrected chi connectivity index (χ3v) is 3.98. The van der Waals surface area contributed by atoms with Crippen LogP contribution in [-0.2, 0) is 6.42 Å². The number of halogens is 6. The summed E-state index contributed by atoms with van der Waals surface area (Å²) in [5.74, 6) is -0.872. The number of ether oxygens (including phenoxy) is 2. The molecule has 0 aliphatic heterocycles. The Morgan fingerprint density at radius 2 is 1.32 bits per heavy atom. The summed E-state index contributed by atoms with van der Waals surface area (Å²) >= 11 is 0. The average molecular weight is 438 g/mol. The van der Waals surface area contributed by atoms with Gasteiger partial charge in [-0.1, -0.05) is 24.3 Å². The van der Waals surface area contributed by atoms with Gasteiger partial charge in [0, 0.05) is 17.3 Å². The second-order valence-corrected chi connectivity index (χ2v) is 6.22. The van der Waals surface area contributed by atoms with E-state index >= 15 is 0 Å². The van der Waals surface area contributed by atoms with E-state index in [0.717, 1.165) is 24.3 Å². The van der Waals surface area contributed by atoms with Crippen LogP contribution in [0.4, 0.5) is 26.3 Å². The van der Waals surface area contributed by atoms with Gasteiger partial charge in [0.15, 0.2) is 0 Å². The molecule has 4 nitrogen and oxygen atoms in total. The molecular weight excluding hydrogens is 426 g/mol. The van der Waals surface area contributed by atoms with E-state index in [4.69, 9.17) is 5.26 Å². The lowest BCUT2D eigenvalue weighted by molar-refractivity contribution is -0.275. The molecular formula is C21H12F6N2O2. The number of alkyl halides is 6. The van der Waals surface area contributed by atoms with E-state index in [0.29, 0.717) is 16.7 Å². The highest BCUT2D eigenvalue weighted by molar-refractivity contribution is 5.71. The van der Waals surface area contributed by atoms with E-state index in [1.54, 1.807) is 0 Å². The maximum Gasteiger partial charge on any atom is 0.573 e. The lowest BCUT2D eigenvalue weighted by Crippen LogP contribution is -2.17. The van der Waals surface area contributed by atoms with Gasteiger partial charge in [-0.25, -0.2) is 0 Å². The van der Waals surface area contributed by atoms with Crippen molar-refractivity contribution in [3.8, 4) is 40.0 Å². The fourth-order valence-electron chi connectivity index (χ4n) is 2.86. The zero-order chi connectivity index (χ0) is 22.6. The van der Waals surface area contributed by atoms with Gasteiger partial charge in [-0.05, 0) is 41.5 Å². The Hall–Kier alpha value is -3.74. The molecule has 0 unspecified atom stereocenters. The van der Waals surface area contributed by atoms with Crippen molar-refractivity contribution >= 4 is 0 Å². The topological polar surface area (TPSA) is 55.1 Å². The molecule has 0 amide bonds. The average Bonchev–Trinajstić information content (AvgIpc) is 2.66. The maximum atomic E-state index is 12.5. The summed E-state index contributed by atoms with van der Waals surface area (Å²) in [6.07, 6.45) is -8.50. The number of hydrogen-bond acceptors (Lipinski definition) is 4. The summed E-state index contributed by atoms with van der Waals surface area (Å²) in [5.41, 5.74) is 1.68. The molecule has 10 heteroatoms. The van der Waals surface area contributed by atoms with Crippen molar-refractivity contribution in [2.75, 3.05) is 0 Å². The van der Waals surface area contributed by atoms with Gasteiger partial charge in [0.1, 0.15) is 11.5 Å². The van der Waals surface area contributed by atoms with Crippen LogP contribution >= 0.6 is 0 Å². The molecule has 3 aromatic rings. The number of pyridine rings is 1. The number of benzene rings is 2. The molecule has 0 saturated carbocycles. The first-order valence-corrected chi connectivity index (χ1v) is 8.62. The van der Waals surface area contributed by atoms with Crippen LogP contribution in [-0.4, -0.2) is 17.7 Å². The molecule has 0 fully saturated rings. The smallest absolute Gasteiger partial charge is 0.406 e. The van der Waals surface area contributed by atoms with Crippen molar-refractivity contribution in [1.29, 1.82) is 5.26 Å². The van der Waals surface area contributed by atoms with Gasteiger partial charge < -0.3 is 9.47 Å². The van der Waals surface area contributed by atoms with Crippen molar-refractivity contribution in [2.24, 2.45) is 0 Å². The summed E-state index contributed by atoms with van der Waals surface area (Å²) in [6.45, 7) is 0. The van der Waals surface area contributed by atoms with Crippen molar-refractivity contribution < 1.29 is 35.8 Å². The predicted molar refractivity (Wildman–Crippen MR) is 97.8 cm³/mol. The normalized spacial score (nSPS) is 11.6. The molecule has 0 radical (unpaired) electrons. The van der Waals surface area contributed by atoms with Crippen molar-refractivity contribution in [3.63, 3.8) is 0 Å². The third kappa shape index (κ3) is 6.12. The van der Waals surface area contributed by atoms with Crippen molar-refractivity contribution in [2.45, 2.75) is 19.1 Å². The van der Waals surface area contributed by atoms with Gasteiger partial charge in [0.2, 0.25) is 0 Å². The fourth-order valence-corrected chi connectivity index (χ4v) is 2.86. The molecule has 2 aromatic carbocycles. The minimum atomic E-state index is -4.87. The molecule has 31 heavy (non-hydrogen) atoms. The van der Waals surface area contributed by atoms with Gasteiger partial charge in [0.25, 0.3) is 0 Å². The molecule has 0 spiro atoms. The Balaban J connectivity index is 1.99. The number of rotatable bonds is 5. The van der Waals surface area contributed by atoms with Crippen LogP contribution < -0.4 is 9.47 Å². The molecule has 0 aliphatic rings. The molecule has 0 aliphatic carbocycles. The minimum Gasteiger partial charge on any atom is -0.406 e. The standard InChI is InChI=1S/C21H12F6N2O2/c22-20(23,24)30-17-5-1-3-13(10-17)16-9-15(7-8-28)19(29-12-16)14-4-2-6-18(11-14)31-21(25,26)27/h1-6,9-12H,7H2. The van der Waals surface area contributed by atoms with Crippen molar-refractivity contribution in [3.05, 3.63) is 66.4 Å². The van der Waals surface area contributed by atoms with Crippen LogP contribution in [0.3, 0.4) is 0 Å². The van der Waals surface area contributed by atoms with Gasteiger partial charge in [-0.15, -0.1) is 26.3 Å². The Kier molecular flexibility index (Phi) is 6.06. The number of nitrogens with zero attached hydrogens (tertiary/aromatic N) is 2. The number of aromatic nitrogens is 1. The van der Waals surface area contributed by atoms with Crippen molar-refractivity contribution in [1.82, 2.24) is 4.98 Å². The fraction of sp³-hybridized carbons (Fsp3) is 0.143.